The van der Waals surface area contributed by atoms with Crippen molar-refractivity contribution >= 4 is 6.09 Å². The van der Waals surface area contributed by atoms with Crippen LogP contribution in [-0.4, -0.2) is 22.9 Å². The summed E-state index contributed by atoms with van der Waals surface area (Å²) >= 11 is 0. The van der Waals surface area contributed by atoms with Gasteiger partial charge in [-0.3, -0.25) is 0 Å². The summed E-state index contributed by atoms with van der Waals surface area (Å²) in [6.45, 7) is 0.409. The maximum Gasteiger partial charge on any atom is 0.404 e. The molecule has 0 saturated heterocycles. The zero-order valence-electron chi connectivity index (χ0n) is 12.8. The van der Waals surface area contributed by atoms with Gasteiger partial charge in [-0.15, -0.1) is 0 Å². The van der Waals surface area contributed by atoms with E-state index < -0.39 is 12.2 Å². The number of benzene rings is 2. The zero-order valence-corrected chi connectivity index (χ0v) is 12.8. The Morgan fingerprint density at radius 1 is 1.00 bits per heavy atom. The fraction of sp³-hybridized carbons (Fsp3) is 0.278. The molecule has 0 bridgehead atoms. The van der Waals surface area contributed by atoms with E-state index in [1.54, 1.807) is 0 Å². The molecule has 2 rings (SSSR count). The van der Waals surface area contributed by atoms with E-state index in [1.165, 1.54) is 0 Å². The molecule has 1 amide bonds. The van der Waals surface area contributed by atoms with Gasteiger partial charge in [0.25, 0.3) is 0 Å². The lowest BCUT2D eigenvalue weighted by Gasteiger charge is -2.12. The smallest absolute Gasteiger partial charge is 0.404 e. The van der Waals surface area contributed by atoms with Crippen molar-refractivity contribution < 1.29 is 19.7 Å². The third-order valence-electron chi connectivity index (χ3n) is 3.42. The number of carboxylic acid groups (broad SMARTS) is 1. The third kappa shape index (κ3) is 6.00. The second-order valence-electron chi connectivity index (χ2n) is 5.23. The number of ether oxygens (including phenoxy) is 1. The van der Waals surface area contributed by atoms with Gasteiger partial charge in [-0.2, -0.15) is 0 Å². The van der Waals surface area contributed by atoms with Gasteiger partial charge in [-0.1, -0.05) is 30.3 Å². The molecule has 23 heavy (non-hydrogen) atoms. The first kappa shape index (κ1) is 16.8. The predicted molar refractivity (Wildman–Crippen MR) is 87.8 cm³/mol. The van der Waals surface area contributed by atoms with Crippen molar-refractivity contribution in [2.24, 2.45) is 0 Å². The van der Waals surface area contributed by atoms with Crippen LogP contribution in [0.3, 0.4) is 0 Å². The highest BCUT2D eigenvalue weighted by Gasteiger charge is 2.08. The van der Waals surface area contributed by atoms with Gasteiger partial charge in [0.05, 0.1) is 6.10 Å². The molecule has 0 radical (unpaired) electrons. The predicted octanol–water partition coefficient (Wildman–Crippen LogP) is 3.95. The van der Waals surface area contributed by atoms with E-state index in [0.29, 0.717) is 19.4 Å². The van der Waals surface area contributed by atoms with E-state index >= 15 is 0 Å². The summed E-state index contributed by atoms with van der Waals surface area (Å²) in [5.74, 6) is 1.49. The monoisotopic (exact) mass is 315 g/mol. The highest BCUT2D eigenvalue weighted by Crippen LogP contribution is 2.25. The number of para-hydroxylation sites is 1. The van der Waals surface area contributed by atoms with Crippen LogP contribution in [0.1, 0.15) is 30.9 Å². The van der Waals surface area contributed by atoms with Crippen LogP contribution in [0.2, 0.25) is 0 Å². The SMILES string of the molecule is O=C(O)NCCCC[C@H](O)c1ccc(Oc2ccccc2)cc1. The number of aliphatic hydroxyl groups is 1. The van der Waals surface area contributed by atoms with Crippen molar-refractivity contribution in [1.29, 1.82) is 0 Å². The molecule has 0 unspecified atom stereocenters. The Kier molecular flexibility index (Phi) is 6.44. The molecule has 0 aromatic heterocycles. The lowest BCUT2D eigenvalue weighted by molar-refractivity contribution is 0.163. The van der Waals surface area contributed by atoms with Gasteiger partial charge in [0.1, 0.15) is 11.5 Å². The standard InChI is InChI=1S/C18H21NO4/c20-17(8-4-5-13-19-18(21)22)14-9-11-16(12-10-14)23-15-6-2-1-3-7-15/h1-3,6-7,9-12,17,19-20H,4-5,8,13H2,(H,21,22)/t17-/m0/s1. The summed E-state index contributed by atoms with van der Waals surface area (Å²) in [5, 5.41) is 20.9. The molecule has 0 fully saturated rings. The maximum absolute atomic E-state index is 10.3. The number of nitrogens with one attached hydrogen (secondary N) is 1. The van der Waals surface area contributed by atoms with Crippen LogP contribution in [0.4, 0.5) is 4.79 Å². The van der Waals surface area contributed by atoms with E-state index in [1.807, 2.05) is 54.6 Å². The fourth-order valence-electron chi connectivity index (χ4n) is 2.21. The molecule has 0 saturated carbocycles. The summed E-state index contributed by atoms with van der Waals surface area (Å²) in [6, 6.07) is 16.9. The number of aliphatic hydroxyl groups excluding tert-OH is 1. The molecule has 0 aliphatic carbocycles. The summed E-state index contributed by atoms with van der Waals surface area (Å²) in [7, 11) is 0. The van der Waals surface area contributed by atoms with Crippen molar-refractivity contribution in [3.8, 4) is 11.5 Å². The van der Waals surface area contributed by atoms with Crippen molar-refractivity contribution in [1.82, 2.24) is 5.32 Å². The molecule has 1 atom stereocenters. The van der Waals surface area contributed by atoms with Gasteiger partial charge in [0.2, 0.25) is 0 Å². The average Bonchev–Trinajstić information content (AvgIpc) is 2.56. The van der Waals surface area contributed by atoms with Crippen LogP contribution in [0, 0.1) is 0 Å². The minimum absolute atomic E-state index is 0.409. The zero-order chi connectivity index (χ0) is 16.5. The second kappa shape index (κ2) is 8.80. The number of hydrogen-bond donors (Lipinski definition) is 3. The number of unbranched alkanes of at least 4 members (excludes halogenated alkanes) is 1. The van der Waals surface area contributed by atoms with E-state index in [0.717, 1.165) is 23.5 Å². The normalized spacial score (nSPS) is 11.7. The molecular formula is C18H21NO4. The van der Waals surface area contributed by atoms with Gasteiger partial charge < -0.3 is 20.3 Å². The first-order chi connectivity index (χ1) is 11.1. The summed E-state index contributed by atoms with van der Waals surface area (Å²) in [4.78, 5) is 10.3. The number of amides is 1. The molecule has 0 heterocycles. The topological polar surface area (TPSA) is 78.8 Å². The van der Waals surface area contributed by atoms with Crippen molar-refractivity contribution in [2.45, 2.75) is 25.4 Å². The maximum atomic E-state index is 10.3. The van der Waals surface area contributed by atoms with Crippen LogP contribution in [0.25, 0.3) is 0 Å². The van der Waals surface area contributed by atoms with Gasteiger partial charge in [0, 0.05) is 6.54 Å². The number of rotatable bonds is 8. The third-order valence-corrected chi connectivity index (χ3v) is 3.42. The lowest BCUT2D eigenvalue weighted by atomic mass is 10.0. The minimum atomic E-state index is -1.01. The van der Waals surface area contributed by atoms with Crippen molar-refractivity contribution in [3.63, 3.8) is 0 Å². The van der Waals surface area contributed by atoms with Gasteiger partial charge in [-0.05, 0) is 49.1 Å². The molecule has 0 aliphatic rings. The Labute approximate surface area is 135 Å². The number of hydrogen-bond acceptors (Lipinski definition) is 3. The van der Waals surface area contributed by atoms with Crippen LogP contribution in [0.5, 0.6) is 11.5 Å². The highest BCUT2D eigenvalue weighted by atomic mass is 16.5. The molecule has 0 spiro atoms. The van der Waals surface area contributed by atoms with E-state index in [9.17, 15) is 9.90 Å². The Morgan fingerprint density at radius 2 is 1.65 bits per heavy atom. The summed E-state index contributed by atoms with van der Waals surface area (Å²) in [6.07, 6.45) is 0.493. The molecule has 122 valence electrons. The van der Waals surface area contributed by atoms with E-state index in [-0.39, 0.29) is 0 Å². The van der Waals surface area contributed by atoms with Crippen LogP contribution >= 0.6 is 0 Å². The largest absolute Gasteiger partial charge is 0.465 e. The molecule has 2 aromatic carbocycles. The Hall–Kier alpha value is -2.53. The van der Waals surface area contributed by atoms with Crippen LogP contribution < -0.4 is 10.1 Å². The molecule has 5 heteroatoms. The first-order valence-corrected chi connectivity index (χ1v) is 7.63. The highest BCUT2D eigenvalue weighted by molar-refractivity contribution is 5.64. The number of carbonyl (C=O) groups is 1. The second-order valence-corrected chi connectivity index (χ2v) is 5.23. The van der Waals surface area contributed by atoms with Crippen LogP contribution in [0.15, 0.2) is 54.6 Å². The van der Waals surface area contributed by atoms with Crippen LogP contribution in [-0.2, 0) is 0 Å². The Balaban J connectivity index is 1.78. The average molecular weight is 315 g/mol. The Morgan fingerprint density at radius 3 is 2.30 bits per heavy atom. The van der Waals surface area contributed by atoms with E-state index in [4.69, 9.17) is 9.84 Å². The first-order valence-electron chi connectivity index (χ1n) is 7.63. The molecule has 5 nitrogen and oxygen atoms in total. The lowest BCUT2D eigenvalue weighted by Crippen LogP contribution is -2.21. The van der Waals surface area contributed by atoms with E-state index in [2.05, 4.69) is 5.32 Å². The summed E-state index contributed by atoms with van der Waals surface area (Å²) in [5.41, 5.74) is 0.830. The fourth-order valence-corrected chi connectivity index (χ4v) is 2.21. The van der Waals surface area contributed by atoms with Gasteiger partial charge in [0.15, 0.2) is 0 Å². The molecular weight excluding hydrogens is 294 g/mol. The van der Waals surface area contributed by atoms with Crippen molar-refractivity contribution in [3.05, 3.63) is 60.2 Å². The Bertz CT molecular complexity index is 598. The summed E-state index contributed by atoms with van der Waals surface area (Å²) < 4.78 is 5.70. The van der Waals surface area contributed by atoms with Gasteiger partial charge in [-0.25, -0.2) is 4.79 Å². The molecule has 0 aliphatic heterocycles. The molecule has 2 aromatic rings. The van der Waals surface area contributed by atoms with Gasteiger partial charge >= 0.3 is 6.09 Å². The molecule has 3 N–H and O–H groups in total. The van der Waals surface area contributed by atoms with Crippen molar-refractivity contribution in [2.75, 3.05) is 6.54 Å². The quantitative estimate of drug-likeness (QED) is 0.644. The minimum Gasteiger partial charge on any atom is -0.465 e.